The van der Waals surface area contributed by atoms with Crippen LogP contribution in [0.1, 0.15) is 12.0 Å². The summed E-state index contributed by atoms with van der Waals surface area (Å²) in [6.45, 7) is 4.40. The van der Waals surface area contributed by atoms with Gasteiger partial charge in [0, 0.05) is 26.2 Å². The summed E-state index contributed by atoms with van der Waals surface area (Å²) in [6.07, 6.45) is 0.995. The van der Waals surface area contributed by atoms with Crippen LogP contribution in [0.4, 0.5) is 0 Å². The smallest absolute Gasteiger partial charge is 0.225 e. The molecule has 112 valence electrons. The average molecular weight is 298 g/mol. The van der Waals surface area contributed by atoms with Crippen LogP contribution in [-0.4, -0.2) is 44.0 Å². The second kappa shape index (κ2) is 8.95. The van der Waals surface area contributed by atoms with Gasteiger partial charge in [0.25, 0.3) is 0 Å². The Morgan fingerprint density at radius 3 is 2.65 bits per heavy atom. The lowest BCUT2D eigenvalue weighted by Crippen LogP contribution is -2.51. The van der Waals surface area contributed by atoms with Crippen molar-refractivity contribution in [2.24, 2.45) is 5.92 Å². The van der Waals surface area contributed by atoms with Gasteiger partial charge >= 0.3 is 0 Å². The highest BCUT2D eigenvalue weighted by Crippen LogP contribution is 2.03. The predicted octanol–water partition coefficient (Wildman–Crippen LogP) is 1.27. The van der Waals surface area contributed by atoms with Gasteiger partial charge in [-0.2, -0.15) is 0 Å². The third-order valence-corrected chi connectivity index (χ3v) is 3.46. The summed E-state index contributed by atoms with van der Waals surface area (Å²) in [7, 11) is 2.12. The van der Waals surface area contributed by atoms with Crippen molar-refractivity contribution >= 4 is 18.3 Å². The van der Waals surface area contributed by atoms with Crippen LogP contribution >= 0.6 is 12.4 Å². The fourth-order valence-electron chi connectivity index (χ4n) is 2.15. The van der Waals surface area contributed by atoms with Crippen molar-refractivity contribution < 1.29 is 4.79 Å². The number of rotatable bonds is 7. The van der Waals surface area contributed by atoms with Gasteiger partial charge in [-0.05, 0) is 25.6 Å². The SMILES string of the molecule is CN(CCCNC(=O)C1CNC1)Cc1ccccc1.Cl. The maximum atomic E-state index is 11.6. The van der Waals surface area contributed by atoms with E-state index >= 15 is 0 Å². The Bertz CT molecular complexity index is 395. The van der Waals surface area contributed by atoms with Gasteiger partial charge in [0.2, 0.25) is 5.91 Å². The van der Waals surface area contributed by atoms with Gasteiger partial charge < -0.3 is 15.5 Å². The van der Waals surface area contributed by atoms with E-state index in [1.807, 2.05) is 6.07 Å². The van der Waals surface area contributed by atoms with Crippen LogP contribution < -0.4 is 10.6 Å². The Labute approximate surface area is 127 Å². The summed E-state index contributed by atoms with van der Waals surface area (Å²) in [6, 6.07) is 10.4. The topological polar surface area (TPSA) is 44.4 Å². The molecule has 0 bridgehead atoms. The molecule has 1 aliphatic rings. The molecule has 1 saturated heterocycles. The molecule has 1 heterocycles. The van der Waals surface area contributed by atoms with Crippen molar-refractivity contribution in [3.63, 3.8) is 0 Å². The molecular weight excluding hydrogens is 274 g/mol. The van der Waals surface area contributed by atoms with Gasteiger partial charge in [-0.25, -0.2) is 0 Å². The zero-order valence-corrected chi connectivity index (χ0v) is 12.8. The van der Waals surface area contributed by atoms with Crippen LogP contribution in [0.2, 0.25) is 0 Å². The first-order valence-corrected chi connectivity index (χ1v) is 6.96. The van der Waals surface area contributed by atoms with E-state index in [0.29, 0.717) is 0 Å². The third-order valence-electron chi connectivity index (χ3n) is 3.46. The molecule has 20 heavy (non-hydrogen) atoms. The van der Waals surface area contributed by atoms with Crippen molar-refractivity contribution in [2.45, 2.75) is 13.0 Å². The summed E-state index contributed by atoms with van der Waals surface area (Å²) in [4.78, 5) is 13.9. The average Bonchev–Trinajstić information content (AvgIpc) is 2.34. The summed E-state index contributed by atoms with van der Waals surface area (Å²) in [5.74, 6) is 0.395. The molecule has 4 nitrogen and oxygen atoms in total. The molecule has 0 atom stereocenters. The lowest BCUT2D eigenvalue weighted by Gasteiger charge is -2.26. The monoisotopic (exact) mass is 297 g/mol. The highest BCUT2D eigenvalue weighted by atomic mass is 35.5. The number of amides is 1. The number of nitrogens with zero attached hydrogens (tertiary/aromatic N) is 1. The van der Waals surface area contributed by atoms with Crippen LogP contribution in [0.5, 0.6) is 0 Å². The summed E-state index contributed by atoms with van der Waals surface area (Å²) >= 11 is 0. The minimum absolute atomic E-state index is 0. The molecule has 2 N–H and O–H groups in total. The first-order valence-electron chi connectivity index (χ1n) is 6.96. The van der Waals surface area contributed by atoms with Gasteiger partial charge in [0.15, 0.2) is 0 Å². The van der Waals surface area contributed by atoms with Crippen molar-refractivity contribution in [3.8, 4) is 0 Å². The van der Waals surface area contributed by atoms with E-state index < -0.39 is 0 Å². The van der Waals surface area contributed by atoms with Crippen LogP contribution in [-0.2, 0) is 11.3 Å². The fraction of sp³-hybridized carbons (Fsp3) is 0.533. The Morgan fingerprint density at radius 1 is 1.35 bits per heavy atom. The van der Waals surface area contributed by atoms with Gasteiger partial charge in [0.1, 0.15) is 0 Å². The predicted molar refractivity (Wildman–Crippen MR) is 84.0 cm³/mol. The van der Waals surface area contributed by atoms with Crippen LogP contribution in [0.3, 0.4) is 0 Å². The number of carbonyl (C=O) groups excluding carboxylic acids is 1. The van der Waals surface area contributed by atoms with Crippen molar-refractivity contribution in [2.75, 3.05) is 33.2 Å². The van der Waals surface area contributed by atoms with Gasteiger partial charge in [-0.1, -0.05) is 30.3 Å². The molecular formula is C15H24ClN3O. The third kappa shape index (κ3) is 5.49. The fourth-order valence-corrected chi connectivity index (χ4v) is 2.15. The van der Waals surface area contributed by atoms with Gasteiger partial charge in [-0.3, -0.25) is 4.79 Å². The van der Waals surface area contributed by atoms with E-state index in [9.17, 15) is 4.79 Å². The summed E-state index contributed by atoms with van der Waals surface area (Å²) in [5, 5.41) is 6.11. The minimum Gasteiger partial charge on any atom is -0.356 e. The maximum absolute atomic E-state index is 11.6. The zero-order valence-electron chi connectivity index (χ0n) is 12.0. The lowest BCUT2D eigenvalue weighted by atomic mass is 10.0. The van der Waals surface area contributed by atoms with Crippen LogP contribution in [0.25, 0.3) is 0 Å². The summed E-state index contributed by atoms with van der Waals surface area (Å²) < 4.78 is 0. The summed E-state index contributed by atoms with van der Waals surface area (Å²) in [5.41, 5.74) is 1.33. The Morgan fingerprint density at radius 2 is 2.05 bits per heavy atom. The number of halogens is 1. The van der Waals surface area contributed by atoms with Crippen LogP contribution in [0, 0.1) is 5.92 Å². The zero-order chi connectivity index (χ0) is 13.5. The highest BCUT2D eigenvalue weighted by Gasteiger charge is 2.23. The maximum Gasteiger partial charge on any atom is 0.225 e. The largest absolute Gasteiger partial charge is 0.356 e. The first kappa shape index (κ1) is 17.0. The van der Waals surface area contributed by atoms with E-state index in [1.165, 1.54) is 5.56 Å². The van der Waals surface area contributed by atoms with E-state index in [2.05, 4.69) is 46.8 Å². The first-order chi connectivity index (χ1) is 9.25. The molecule has 1 fully saturated rings. The Kier molecular flexibility index (Phi) is 7.59. The molecule has 2 rings (SSSR count). The molecule has 0 aliphatic carbocycles. The molecule has 5 heteroatoms. The molecule has 0 unspecified atom stereocenters. The highest BCUT2D eigenvalue weighted by molar-refractivity contribution is 5.85. The molecule has 0 saturated carbocycles. The number of nitrogens with one attached hydrogen (secondary N) is 2. The number of hydrogen-bond acceptors (Lipinski definition) is 3. The van der Waals surface area contributed by atoms with E-state index in [4.69, 9.17) is 0 Å². The molecule has 0 spiro atoms. The van der Waals surface area contributed by atoms with E-state index in [0.717, 1.165) is 39.1 Å². The van der Waals surface area contributed by atoms with Crippen molar-refractivity contribution in [1.82, 2.24) is 15.5 Å². The molecule has 0 aromatic heterocycles. The van der Waals surface area contributed by atoms with E-state index in [1.54, 1.807) is 0 Å². The van der Waals surface area contributed by atoms with Crippen molar-refractivity contribution in [3.05, 3.63) is 35.9 Å². The molecule has 1 aliphatic heterocycles. The van der Waals surface area contributed by atoms with E-state index in [-0.39, 0.29) is 24.2 Å². The number of benzene rings is 1. The lowest BCUT2D eigenvalue weighted by molar-refractivity contribution is -0.126. The van der Waals surface area contributed by atoms with Crippen molar-refractivity contribution in [1.29, 1.82) is 0 Å². The second-order valence-corrected chi connectivity index (χ2v) is 5.22. The quantitative estimate of drug-likeness (QED) is 0.745. The molecule has 1 aromatic carbocycles. The Balaban J connectivity index is 0.00000200. The number of carbonyl (C=O) groups is 1. The minimum atomic E-state index is 0. The molecule has 0 radical (unpaired) electrons. The van der Waals surface area contributed by atoms with Gasteiger partial charge in [-0.15, -0.1) is 12.4 Å². The second-order valence-electron chi connectivity index (χ2n) is 5.22. The molecule has 1 amide bonds. The molecule has 1 aromatic rings. The number of hydrogen-bond donors (Lipinski definition) is 2. The van der Waals surface area contributed by atoms with Gasteiger partial charge in [0.05, 0.1) is 5.92 Å². The standard InChI is InChI=1S/C15H23N3O.ClH/c1-18(12-13-6-3-2-4-7-13)9-5-8-17-15(19)14-10-16-11-14;/h2-4,6-7,14,16H,5,8-12H2,1H3,(H,17,19);1H. The Hall–Kier alpha value is -1.10. The normalized spacial score (nSPS) is 14.5. The van der Waals surface area contributed by atoms with Crippen LogP contribution in [0.15, 0.2) is 30.3 Å².